The second-order valence-electron chi connectivity index (χ2n) is 6.02. The van der Waals surface area contributed by atoms with Crippen molar-refractivity contribution in [3.05, 3.63) is 38.9 Å². The van der Waals surface area contributed by atoms with Crippen LogP contribution >= 0.6 is 11.6 Å². The van der Waals surface area contributed by atoms with Crippen molar-refractivity contribution in [1.82, 2.24) is 5.32 Å². The van der Waals surface area contributed by atoms with Crippen molar-refractivity contribution in [1.29, 1.82) is 0 Å². The lowest BCUT2D eigenvalue weighted by atomic mass is 9.87. The minimum atomic E-state index is -0.865. The molecule has 0 heterocycles. The minimum Gasteiger partial charge on any atom is -0.452 e. The van der Waals surface area contributed by atoms with Crippen LogP contribution in [0.4, 0.5) is 5.69 Å². The number of amides is 1. The number of hydrogen-bond donors (Lipinski definition) is 1. The van der Waals surface area contributed by atoms with E-state index >= 15 is 0 Å². The Morgan fingerprint density at radius 1 is 1.33 bits per heavy atom. The first-order valence-corrected chi connectivity index (χ1v) is 8.15. The molecule has 8 heteroatoms. The third-order valence-corrected chi connectivity index (χ3v) is 4.43. The molecule has 7 nitrogen and oxygen atoms in total. The van der Waals surface area contributed by atoms with Gasteiger partial charge in [0.2, 0.25) is 0 Å². The number of carbonyl (C=O) groups is 2. The fourth-order valence-electron chi connectivity index (χ4n) is 2.67. The zero-order valence-electron chi connectivity index (χ0n) is 13.3. The number of rotatable bonds is 5. The van der Waals surface area contributed by atoms with Crippen molar-refractivity contribution in [3.8, 4) is 0 Å². The Kier molecular flexibility index (Phi) is 6.14. The third-order valence-electron chi connectivity index (χ3n) is 4.10. The fraction of sp³-hybridized carbons (Fsp3) is 0.500. The first-order valence-electron chi connectivity index (χ1n) is 7.77. The zero-order valence-corrected chi connectivity index (χ0v) is 14.0. The summed E-state index contributed by atoms with van der Waals surface area (Å²) in [5, 5.41) is 13.6. The van der Waals surface area contributed by atoms with Crippen molar-refractivity contribution < 1.29 is 19.2 Å². The van der Waals surface area contributed by atoms with E-state index in [0.717, 1.165) is 31.7 Å². The summed E-state index contributed by atoms with van der Waals surface area (Å²) in [6.07, 6.45) is 3.96. The molecule has 1 aliphatic carbocycles. The van der Waals surface area contributed by atoms with Crippen molar-refractivity contribution in [2.75, 3.05) is 6.61 Å². The van der Waals surface area contributed by atoms with Crippen LogP contribution < -0.4 is 5.32 Å². The minimum absolute atomic E-state index is 0.0345. The number of hydrogen-bond acceptors (Lipinski definition) is 5. The molecule has 1 aromatic rings. The molecule has 0 aliphatic heterocycles. The number of nitrogens with zero attached hydrogens (tertiary/aromatic N) is 1. The Morgan fingerprint density at radius 3 is 2.62 bits per heavy atom. The number of nitro groups is 1. The highest BCUT2D eigenvalue weighted by Crippen LogP contribution is 2.24. The Balaban J connectivity index is 1.87. The van der Waals surface area contributed by atoms with Gasteiger partial charge in [0, 0.05) is 18.2 Å². The molecule has 1 fully saturated rings. The van der Waals surface area contributed by atoms with E-state index in [4.69, 9.17) is 16.3 Å². The summed E-state index contributed by atoms with van der Waals surface area (Å²) in [6.45, 7) is 1.74. The van der Waals surface area contributed by atoms with Crippen LogP contribution in [0.2, 0.25) is 5.02 Å². The van der Waals surface area contributed by atoms with Gasteiger partial charge in [-0.05, 0) is 37.7 Å². The molecule has 0 bridgehead atoms. The zero-order chi connectivity index (χ0) is 17.7. The van der Waals surface area contributed by atoms with E-state index in [9.17, 15) is 19.7 Å². The average Bonchev–Trinajstić information content (AvgIpc) is 2.55. The van der Waals surface area contributed by atoms with Crippen molar-refractivity contribution in [2.45, 2.75) is 38.6 Å². The van der Waals surface area contributed by atoms with Gasteiger partial charge in [-0.3, -0.25) is 14.9 Å². The quantitative estimate of drug-likeness (QED) is 0.497. The van der Waals surface area contributed by atoms with Gasteiger partial charge in [0.05, 0.1) is 15.5 Å². The van der Waals surface area contributed by atoms with Crippen molar-refractivity contribution in [3.63, 3.8) is 0 Å². The van der Waals surface area contributed by atoms with Gasteiger partial charge in [-0.2, -0.15) is 0 Å². The van der Waals surface area contributed by atoms with Crippen LogP contribution in [-0.2, 0) is 9.53 Å². The summed E-state index contributed by atoms with van der Waals surface area (Å²) in [5.74, 6) is -0.576. The van der Waals surface area contributed by atoms with E-state index < -0.39 is 17.5 Å². The molecule has 0 saturated heterocycles. The molecule has 0 radical (unpaired) electrons. The SMILES string of the molecule is CC1CCC(NC(=O)COC(=O)c2cc([N+](=O)[O-])ccc2Cl)CC1. The Labute approximate surface area is 144 Å². The lowest BCUT2D eigenvalue weighted by molar-refractivity contribution is -0.384. The monoisotopic (exact) mass is 354 g/mol. The normalized spacial score (nSPS) is 20.2. The number of esters is 1. The van der Waals surface area contributed by atoms with Gasteiger partial charge in [0.1, 0.15) is 0 Å². The smallest absolute Gasteiger partial charge is 0.340 e. The third kappa shape index (κ3) is 4.92. The predicted octanol–water partition coefficient (Wildman–Crippen LogP) is 3.10. The van der Waals surface area contributed by atoms with Gasteiger partial charge in [-0.1, -0.05) is 18.5 Å². The highest BCUT2D eigenvalue weighted by Gasteiger charge is 2.21. The van der Waals surface area contributed by atoms with E-state index in [2.05, 4.69) is 12.2 Å². The number of nitro benzene ring substituents is 1. The molecule has 1 aliphatic rings. The molecule has 1 N–H and O–H groups in total. The molecule has 24 heavy (non-hydrogen) atoms. The largest absolute Gasteiger partial charge is 0.452 e. The molecule has 0 atom stereocenters. The van der Waals surface area contributed by atoms with Gasteiger partial charge in [0.15, 0.2) is 6.61 Å². The summed E-state index contributed by atoms with van der Waals surface area (Å²) in [6, 6.07) is 3.58. The van der Waals surface area contributed by atoms with Crippen LogP contribution in [0.1, 0.15) is 43.0 Å². The fourth-order valence-corrected chi connectivity index (χ4v) is 2.86. The molecular formula is C16H19ClN2O5. The van der Waals surface area contributed by atoms with Gasteiger partial charge in [0.25, 0.3) is 11.6 Å². The first-order chi connectivity index (χ1) is 11.4. The number of non-ortho nitro benzene ring substituents is 1. The number of benzene rings is 1. The lowest BCUT2D eigenvalue weighted by Crippen LogP contribution is -2.39. The molecular weight excluding hydrogens is 336 g/mol. The molecule has 130 valence electrons. The van der Waals surface area contributed by atoms with Gasteiger partial charge >= 0.3 is 5.97 Å². The average molecular weight is 355 g/mol. The van der Waals surface area contributed by atoms with E-state index in [1.54, 1.807) is 0 Å². The molecule has 0 aromatic heterocycles. The van der Waals surface area contributed by atoms with Gasteiger partial charge in [-0.25, -0.2) is 4.79 Å². The van der Waals surface area contributed by atoms with Crippen molar-refractivity contribution in [2.24, 2.45) is 5.92 Å². The first kappa shape index (κ1) is 18.2. The summed E-state index contributed by atoms with van der Waals surface area (Å²) in [7, 11) is 0. The van der Waals surface area contributed by atoms with E-state index in [1.807, 2.05) is 0 Å². The summed E-state index contributed by atoms with van der Waals surface area (Å²) in [5.41, 5.74) is -0.405. The van der Waals surface area contributed by atoms with Crippen LogP contribution in [0.15, 0.2) is 18.2 Å². The van der Waals surface area contributed by atoms with E-state index in [-0.39, 0.29) is 28.2 Å². The maximum Gasteiger partial charge on any atom is 0.340 e. The Morgan fingerprint density at radius 2 is 2.00 bits per heavy atom. The van der Waals surface area contributed by atoms with Crippen LogP contribution in [0.5, 0.6) is 0 Å². The second-order valence-corrected chi connectivity index (χ2v) is 6.43. The Hall–Kier alpha value is -2.15. The lowest BCUT2D eigenvalue weighted by Gasteiger charge is -2.26. The molecule has 0 spiro atoms. The predicted molar refractivity (Wildman–Crippen MR) is 88.0 cm³/mol. The number of carbonyl (C=O) groups excluding carboxylic acids is 2. The van der Waals surface area contributed by atoms with Crippen LogP contribution in [0.25, 0.3) is 0 Å². The highest BCUT2D eigenvalue weighted by molar-refractivity contribution is 6.33. The summed E-state index contributed by atoms with van der Waals surface area (Å²) in [4.78, 5) is 33.9. The van der Waals surface area contributed by atoms with E-state index in [1.165, 1.54) is 12.1 Å². The van der Waals surface area contributed by atoms with Crippen LogP contribution in [0, 0.1) is 16.0 Å². The van der Waals surface area contributed by atoms with Crippen LogP contribution in [-0.4, -0.2) is 29.4 Å². The van der Waals surface area contributed by atoms with Crippen molar-refractivity contribution >= 4 is 29.2 Å². The second kappa shape index (κ2) is 8.10. The maximum atomic E-state index is 12.0. The van der Waals surface area contributed by atoms with Crippen LogP contribution in [0.3, 0.4) is 0 Å². The van der Waals surface area contributed by atoms with Gasteiger partial charge < -0.3 is 10.1 Å². The molecule has 0 unspecified atom stereocenters. The number of nitrogens with one attached hydrogen (secondary N) is 1. The highest BCUT2D eigenvalue weighted by atomic mass is 35.5. The maximum absolute atomic E-state index is 12.0. The molecule has 2 rings (SSSR count). The number of halogens is 1. The molecule has 1 saturated carbocycles. The van der Waals surface area contributed by atoms with Gasteiger partial charge in [-0.15, -0.1) is 0 Å². The molecule has 1 aromatic carbocycles. The number of ether oxygens (including phenoxy) is 1. The topological polar surface area (TPSA) is 98.5 Å². The van der Waals surface area contributed by atoms with E-state index in [0.29, 0.717) is 5.92 Å². The molecule has 1 amide bonds. The summed E-state index contributed by atoms with van der Waals surface area (Å²) >= 11 is 5.86. The summed E-state index contributed by atoms with van der Waals surface area (Å²) < 4.78 is 4.91. The standard InChI is InChI=1S/C16H19ClN2O5/c1-10-2-4-11(5-3-10)18-15(20)9-24-16(21)13-8-12(19(22)23)6-7-14(13)17/h6-8,10-11H,2-5,9H2,1H3,(H,18,20). The Bertz CT molecular complexity index is 641.